The summed E-state index contributed by atoms with van der Waals surface area (Å²) in [5.41, 5.74) is -0.0591. The zero-order chi connectivity index (χ0) is 22.9. The van der Waals surface area contributed by atoms with E-state index in [4.69, 9.17) is 9.29 Å². The Labute approximate surface area is 181 Å². The number of rotatable bonds is 6. The number of aromatic nitrogens is 1. The second-order valence-electron chi connectivity index (χ2n) is 6.92. The van der Waals surface area contributed by atoms with Crippen LogP contribution >= 0.6 is 11.8 Å². The average molecular weight is 479 g/mol. The minimum Gasteiger partial charge on any atom is -0.507 e. The molecule has 1 saturated heterocycles. The summed E-state index contributed by atoms with van der Waals surface area (Å²) in [7, 11) is -3.20. The number of aliphatic hydroxyl groups is 4. The summed E-state index contributed by atoms with van der Waals surface area (Å²) in [5.74, 6) is -0.0269. The zero-order valence-corrected chi connectivity index (χ0v) is 17.8. The number of hydrogen-bond acceptors (Lipinski definition) is 11. The number of fused-ring (bicyclic) bond motifs is 1. The van der Waals surface area contributed by atoms with Crippen molar-refractivity contribution in [1.82, 2.24) is 4.57 Å². The van der Waals surface area contributed by atoms with Crippen molar-refractivity contribution in [2.24, 2.45) is 12.2 Å². The first-order valence-electron chi connectivity index (χ1n) is 8.97. The average Bonchev–Trinajstić information content (AvgIpc) is 3.02. The summed E-state index contributed by atoms with van der Waals surface area (Å²) in [5, 5.41) is 53.5. The molecule has 2 heterocycles. The third-order valence-corrected chi connectivity index (χ3v) is 6.12. The minimum atomic E-state index is -4.93. The molecule has 0 aliphatic carbocycles. The summed E-state index contributed by atoms with van der Waals surface area (Å²) in [4.78, 5) is 0. The number of phenolic OH excluding ortho intramolecular Hbond substituents is 1. The highest BCUT2D eigenvalue weighted by molar-refractivity contribution is 8.14. The molecule has 2 aromatic rings. The molecule has 0 spiro atoms. The topological polar surface area (TPSA) is 191 Å². The van der Waals surface area contributed by atoms with Gasteiger partial charge in [0.25, 0.3) is 0 Å². The number of aliphatic hydroxyl groups excluding tert-OH is 4. The Hall–Kier alpha value is -1.91. The lowest BCUT2D eigenvalue weighted by Gasteiger charge is -2.39. The maximum Gasteiger partial charge on any atom is 0.466 e. The molecule has 12 nitrogen and oxygen atoms in total. The van der Waals surface area contributed by atoms with Crippen LogP contribution in [-0.2, 0) is 32.9 Å². The van der Waals surface area contributed by atoms with Gasteiger partial charge in [-0.3, -0.25) is 4.55 Å². The van der Waals surface area contributed by atoms with Gasteiger partial charge >= 0.3 is 10.4 Å². The lowest BCUT2D eigenvalue weighted by molar-refractivity contribution is -0.205. The molecule has 172 valence electrons. The van der Waals surface area contributed by atoms with Crippen molar-refractivity contribution in [2.45, 2.75) is 36.3 Å². The van der Waals surface area contributed by atoms with Crippen LogP contribution in [-0.4, -0.2) is 84.6 Å². The molecule has 31 heavy (non-hydrogen) atoms. The molecular weight excluding hydrogens is 456 g/mol. The number of ether oxygens (including phenoxy) is 1. The van der Waals surface area contributed by atoms with Gasteiger partial charge in [0.2, 0.25) is 0 Å². The molecule has 5 atom stereocenters. The highest BCUT2D eigenvalue weighted by atomic mass is 32.3. The smallest absolute Gasteiger partial charge is 0.466 e. The fraction of sp³-hybridized carbons (Fsp3) is 0.471. The third kappa shape index (κ3) is 5.30. The Kier molecular flexibility index (Phi) is 7.12. The molecule has 1 aliphatic heterocycles. The van der Waals surface area contributed by atoms with Gasteiger partial charge in [0.15, 0.2) is 0 Å². The predicted molar refractivity (Wildman–Crippen MR) is 110 cm³/mol. The van der Waals surface area contributed by atoms with E-state index in [-0.39, 0.29) is 17.2 Å². The van der Waals surface area contributed by atoms with Gasteiger partial charge in [-0.2, -0.15) is 8.42 Å². The van der Waals surface area contributed by atoms with Crippen LogP contribution in [0.2, 0.25) is 0 Å². The Bertz CT molecular complexity index is 1070. The fourth-order valence-corrected chi connectivity index (χ4v) is 4.62. The predicted octanol–water partition coefficient (Wildman–Crippen LogP) is -0.908. The fourth-order valence-electron chi connectivity index (χ4n) is 3.30. The Morgan fingerprint density at radius 3 is 2.61 bits per heavy atom. The number of aromatic hydroxyl groups is 1. The molecule has 0 bridgehead atoms. The molecule has 1 aromatic heterocycles. The van der Waals surface area contributed by atoms with E-state index in [1.54, 1.807) is 29.9 Å². The van der Waals surface area contributed by atoms with Gasteiger partial charge < -0.3 is 34.8 Å². The van der Waals surface area contributed by atoms with Crippen molar-refractivity contribution >= 4 is 38.1 Å². The van der Waals surface area contributed by atoms with Crippen LogP contribution in [0, 0.1) is 0 Å². The lowest BCUT2D eigenvalue weighted by Crippen LogP contribution is -2.57. The quantitative estimate of drug-likeness (QED) is 0.130. The molecule has 0 radical (unpaired) electrons. The highest BCUT2D eigenvalue weighted by Gasteiger charge is 2.44. The van der Waals surface area contributed by atoms with Gasteiger partial charge in [-0.15, -0.1) is 0 Å². The molecule has 1 aliphatic rings. The number of oxime groups is 1. The van der Waals surface area contributed by atoms with Crippen LogP contribution in [0.1, 0.15) is 5.56 Å². The summed E-state index contributed by atoms with van der Waals surface area (Å²) in [6, 6.07) is 4.89. The first kappa shape index (κ1) is 23.7. The van der Waals surface area contributed by atoms with E-state index in [0.717, 1.165) is 0 Å². The molecule has 0 amide bonds. The zero-order valence-electron chi connectivity index (χ0n) is 16.1. The molecule has 0 saturated carbocycles. The van der Waals surface area contributed by atoms with Crippen LogP contribution in [0.25, 0.3) is 10.9 Å². The second kappa shape index (κ2) is 9.30. The number of benzene rings is 1. The molecule has 14 heteroatoms. The van der Waals surface area contributed by atoms with Crippen LogP contribution in [0.4, 0.5) is 0 Å². The molecule has 1 fully saturated rings. The minimum absolute atomic E-state index is 0.0269. The van der Waals surface area contributed by atoms with E-state index >= 15 is 0 Å². The van der Waals surface area contributed by atoms with E-state index in [1.807, 2.05) is 0 Å². The number of nitrogens with zero attached hydrogens (tertiary/aromatic N) is 2. The molecule has 1 aromatic carbocycles. The van der Waals surface area contributed by atoms with Crippen molar-refractivity contribution in [2.75, 3.05) is 6.61 Å². The summed E-state index contributed by atoms with van der Waals surface area (Å²) in [6.45, 7) is -0.646. The third-order valence-electron chi connectivity index (χ3n) is 4.75. The monoisotopic (exact) mass is 478 g/mol. The van der Waals surface area contributed by atoms with Gasteiger partial charge in [-0.25, -0.2) is 4.28 Å². The van der Waals surface area contributed by atoms with Gasteiger partial charge in [0, 0.05) is 25.1 Å². The molecule has 6 N–H and O–H groups in total. The summed E-state index contributed by atoms with van der Waals surface area (Å²) < 4.78 is 42.1. The molecule has 3 rings (SSSR count). The molecular formula is C17H22N2O10S2. The first-order valence-corrected chi connectivity index (χ1v) is 11.2. The number of thioether (sulfide) groups is 1. The van der Waals surface area contributed by atoms with Crippen LogP contribution in [0.5, 0.6) is 5.75 Å². The van der Waals surface area contributed by atoms with E-state index in [1.165, 1.54) is 6.07 Å². The number of phenols is 1. The van der Waals surface area contributed by atoms with E-state index in [9.17, 15) is 34.0 Å². The van der Waals surface area contributed by atoms with Crippen molar-refractivity contribution in [3.05, 3.63) is 30.0 Å². The van der Waals surface area contributed by atoms with E-state index < -0.39 is 46.9 Å². The van der Waals surface area contributed by atoms with Gasteiger partial charge in [-0.1, -0.05) is 23.0 Å². The van der Waals surface area contributed by atoms with Crippen LogP contribution in [0.15, 0.2) is 29.6 Å². The lowest BCUT2D eigenvalue weighted by atomic mass is 10.0. The Morgan fingerprint density at radius 2 is 1.97 bits per heavy atom. The molecule has 5 unspecified atom stereocenters. The van der Waals surface area contributed by atoms with Crippen molar-refractivity contribution in [3.63, 3.8) is 0 Å². The van der Waals surface area contributed by atoms with E-state index in [0.29, 0.717) is 28.2 Å². The van der Waals surface area contributed by atoms with E-state index in [2.05, 4.69) is 9.44 Å². The Balaban J connectivity index is 1.93. The maximum absolute atomic E-state index is 11.0. The van der Waals surface area contributed by atoms with Gasteiger partial charge in [-0.05, 0) is 17.7 Å². The summed E-state index contributed by atoms with van der Waals surface area (Å²) in [6.07, 6.45) is -4.44. The summed E-state index contributed by atoms with van der Waals surface area (Å²) >= 11 is 0.662. The van der Waals surface area contributed by atoms with Gasteiger partial charge in [0.1, 0.15) is 40.6 Å². The first-order chi connectivity index (χ1) is 14.5. The Morgan fingerprint density at radius 1 is 1.26 bits per heavy atom. The van der Waals surface area contributed by atoms with Gasteiger partial charge in [0.05, 0.1) is 12.1 Å². The van der Waals surface area contributed by atoms with Crippen molar-refractivity contribution < 1.29 is 47.5 Å². The standard InChI is InChI=1S/C17H22N2O10S2/c1-19-6-8(13-9(19)3-2-4-10(13)21)5-12(18-29-31(25,26)27)30-17-16(24)15(23)14(22)11(7-20)28-17/h2-4,6,11,14-17,20-24H,5,7H2,1H3,(H,25,26,27). The van der Waals surface area contributed by atoms with Crippen LogP contribution < -0.4 is 0 Å². The number of hydrogen-bond donors (Lipinski definition) is 6. The maximum atomic E-state index is 11.0. The van der Waals surface area contributed by atoms with Crippen LogP contribution in [0.3, 0.4) is 0 Å². The normalized spacial score (nSPS) is 27.5. The van der Waals surface area contributed by atoms with Crippen molar-refractivity contribution in [1.29, 1.82) is 0 Å². The second-order valence-corrected chi connectivity index (χ2v) is 9.09. The number of aryl methyl sites for hydroxylation is 1. The largest absolute Gasteiger partial charge is 0.507 e. The SMILES string of the molecule is Cn1cc(CC(=NOS(=O)(=O)O)SC2OC(CO)C(O)C(O)C2O)c2c(O)cccc21. The van der Waals surface area contributed by atoms with Crippen molar-refractivity contribution in [3.8, 4) is 5.75 Å². The highest BCUT2D eigenvalue weighted by Crippen LogP contribution is 2.34.